The van der Waals surface area contributed by atoms with Crippen molar-refractivity contribution in [1.29, 1.82) is 0 Å². The van der Waals surface area contributed by atoms with Crippen LogP contribution in [0.15, 0.2) is 57.8 Å². The maximum absolute atomic E-state index is 12.8. The van der Waals surface area contributed by atoms with Crippen LogP contribution < -0.4 is 10.5 Å². The van der Waals surface area contributed by atoms with E-state index in [-0.39, 0.29) is 11.5 Å². The van der Waals surface area contributed by atoms with E-state index in [1.807, 2.05) is 35.2 Å². The van der Waals surface area contributed by atoms with Crippen molar-refractivity contribution in [2.24, 2.45) is 0 Å². The second kappa shape index (κ2) is 9.14. The summed E-state index contributed by atoms with van der Waals surface area (Å²) in [4.78, 5) is 32.8. The van der Waals surface area contributed by atoms with Crippen molar-refractivity contribution < 1.29 is 4.79 Å². The average Bonchev–Trinajstić information content (AvgIpc) is 2.77. The molecule has 0 unspecified atom stereocenters. The fourth-order valence-corrected chi connectivity index (χ4v) is 4.47. The zero-order valence-corrected chi connectivity index (χ0v) is 18.9. The van der Waals surface area contributed by atoms with Gasteiger partial charge in [-0.25, -0.2) is 0 Å². The lowest BCUT2D eigenvalue weighted by Crippen LogP contribution is -2.48. The number of para-hydroxylation sites is 1. The SMILES string of the molecule is O=C(CCCn1c(=S)[nH]c2ccc(Br)cc2c1=O)N1CCN(c2ccccc2)CC1. The van der Waals surface area contributed by atoms with Crippen LogP contribution >= 0.6 is 28.1 Å². The molecule has 0 aliphatic carbocycles. The van der Waals surface area contributed by atoms with E-state index in [1.54, 1.807) is 10.6 Å². The highest BCUT2D eigenvalue weighted by Gasteiger charge is 2.21. The van der Waals surface area contributed by atoms with Gasteiger partial charge in [0, 0.05) is 49.3 Å². The van der Waals surface area contributed by atoms with Gasteiger partial charge in [0.25, 0.3) is 5.56 Å². The van der Waals surface area contributed by atoms with Gasteiger partial charge in [-0.1, -0.05) is 34.1 Å². The highest BCUT2D eigenvalue weighted by molar-refractivity contribution is 9.10. The van der Waals surface area contributed by atoms with Crippen LogP contribution in [0, 0.1) is 4.77 Å². The lowest BCUT2D eigenvalue weighted by molar-refractivity contribution is -0.131. The normalized spacial score (nSPS) is 14.3. The third-order valence-corrected chi connectivity index (χ3v) is 6.29. The quantitative estimate of drug-likeness (QED) is 0.554. The van der Waals surface area contributed by atoms with Crippen molar-refractivity contribution in [2.75, 3.05) is 31.1 Å². The molecule has 6 nitrogen and oxygen atoms in total. The smallest absolute Gasteiger partial charge is 0.262 e. The molecule has 8 heteroatoms. The summed E-state index contributed by atoms with van der Waals surface area (Å²) in [7, 11) is 0. The summed E-state index contributed by atoms with van der Waals surface area (Å²) < 4.78 is 2.78. The number of carbonyl (C=O) groups is 1. The Kier molecular flexibility index (Phi) is 6.34. The molecule has 1 aromatic heterocycles. The molecule has 4 rings (SSSR count). The number of hydrogen-bond donors (Lipinski definition) is 1. The van der Waals surface area contributed by atoms with Crippen molar-refractivity contribution in [3.8, 4) is 0 Å². The maximum atomic E-state index is 12.8. The standard InChI is InChI=1S/C22H23BrN4O2S/c23-16-8-9-19-18(15-16)21(29)27(22(30)24-19)10-4-7-20(28)26-13-11-25(12-14-26)17-5-2-1-3-6-17/h1-3,5-6,8-9,15H,4,7,10-14H2,(H,24,30). The Morgan fingerprint density at radius 2 is 1.80 bits per heavy atom. The van der Waals surface area contributed by atoms with Crippen LogP contribution in [0.25, 0.3) is 10.9 Å². The van der Waals surface area contributed by atoms with Crippen LogP contribution in [0.5, 0.6) is 0 Å². The number of aromatic amines is 1. The number of H-pyrrole nitrogens is 1. The van der Waals surface area contributed by atoms with Gasteiger partial charge in [-0.05, 0) is 49.0 Å². The molecule has 1 amide bonds. The van der Waals surface area contributed by atoms with Crippen LogP contribution in [-0.4, -0.2) is 46.5 Å². The number of halogens is 1. The molecule has 30 heavy (non-hydrogen) atoms. The number of carbonyl (C=O) groups excluding carboxylic acids is 1. The molecule has 2 heterocycles. The van der Waals surface area contributed by atoms with Crippen LogP contribution in [0.3, 0.4) is 0 Å². The van der Waals surface area contributed by atoms with Gasteiger partial charge in [0.05, 0.1) is 10.9 Å². The summed E-state index contributed by atoms with van der Waals surface area (Å²) >= 11 is 8.76. The first-order valence-electron chi connectivity index (χ1n) is 10.0. The first-order chi connectivity index (χ1) is 14.5. The number of rotatable bonds is 5. The lowest BCUT2D eigenvalue weighted by Gasteiger charge is -2.36. The van der Waals surface area contributed by atoms with E-state index in [4.69, 9.17) is 12.2 Å². The number of nitrogens with zero attached hydrogens (tertiary/aromatic N) is 3. The highest BCUT2D eigenvalue weighted by atomic mass is 79.9. The number of anilines is 1. The largest absolute Gasteiger partial charge is 0.368 e. The number of amides is 1. The summed E-state index contributed by atoms with van der Waals surface area (Å²) in [6.07, 6.45) is 0.984. The molecular formula is C22H23BrN4O2S. The van der Waals surface area contributed by atoms with Gasteiger partial charge in [0.15, 0.2) is 4.77 Å². The maximum Gasteiger partial charge on any atom is 0.262 e. The predicted molar refractivity (Wildman–Crippen MR) is 126 cm³/mol. The van der Waals surface area contributed by atoms with Crippen molar-refractivity contribution in [3.63, 3.8) is 0 Å². The fourth-order valence-electron chi connectivity index (χ4n) is 3.83. The summed E-state index contributed by atoms with van der Waals surface area (Å²) in [5.41, 5.74) is 1.79. The first kappa shape index (κ1) is 20.8. The van der Waals surface area contributed by atoms with E-state index < -0.39 is 0 Å². The van der Waals surface area contributed by atoms with E-state index in [9.17, 15) is 9.59 Å². The Morgan fingerprint density at radius 1 is 1.07 bits per heavy atom. The van der Waals surface area contributed by atoms with E-state index in [1.165, 1.54) is 5.69 Å². The molecule has 0 radical (unpaired) electrons. The van der Waals surface area contributed by atoms with Gasteiger partial charge < -0.3 is 14.8 Å². The van der Waals surface area contributed by atoms with Gasteiger partial charge in [0.1, 0.15) is 0 Å². The number of fused-ring (bicyclic) bond motifs is 1. The average molecular weight is 487 g/mol. The molecule has 0 saturated carbocycles. The molecule has 0 atom stereocenters. The number of nitrogens with one attached hydrogen (secondary N) is 1. The van der Waals surface area contributed by atoms with Crippen molar-refractivity contribution in [2.45, 2.75) is 19.4 Å². The third kappa shape index (κ3) is 4.49. The van der Waals surface area contributed by atoms with Gasteiger partial charge >= 0.3 is 0 Å². The van der Waals surface area contributed by atoms with Crippen LogP contribution in [0.1, 0.15) is 12.8 Å². The van der Waals surface area contributed by atoms with E-state index in [0.29, 0.717) is 29.5 Å². The van der Waals surface area contributed by atoms with Crippen molar-refractivity contribution in [1.82, 2.24) is 14.5 Å². The Morgan fingerprint density at radius 3 is 2.53 bits per heavy atom. The Balaban J connectivity index is 1.34. The molecule has 0 bridgehead atoms. The fraction of sp³-hybridized carbons (Fsp3) is 0.318. The Hall–Kier alpha value is -2.45. The van der Waals surface area contributed by atoms with Crippen molar-refractivity contribution >= 4 is 50.6 Å². The minimum absolute atomic E-state index is 0.126. The lowest BCUT2D eigenvalue weighted by atomic mass is 10.2. The molecule has 156 valence electrons. The molecule has 3 aromatic rings. The van der Waals surface area contributed by atoms with Gasteiger partial charge in [-0.3, -0.25) is 14.2 Å². The summed E-state index contributed by atoms with van der Waals surface area (Å²) in [6, 6.07) is 15.8. The monoisotopic (exact) mass is 486 g/mol. The summed E-state index contributed by atoms with van der Waals surface area (Å²) in [6.45, 7) is 3.53. The molecule has 1 aliphatic heterocycles. The van der Waals surface area contributed by atoms with E-state index in [0.717, 1.165) is 36.2 Å². The molecule has 1 fully saturated rings. The van der Waals surface area contributed by atoms with E-state index >= 15 is 0 Å². The summed E-state index contributed by atoms with van der Waals surface area (Å²) in [5, 5.41) is 0.585. The summed E-state index contributed by atoms with van der Waals surface area (Å²) in [5.74, 6) is 0.134. The molecular weight excluding hydrogens is 464 g/mol. The topological polar surface area (TPSA) is 61.3 Å². The van der Waals surface area contributed by atoms with Crippen LogP contribution in [0.4, 0.5) is 5.69 Å². The zero-order valence-electron chi connectivity index (χ0n) is 16.5. The zero-order chi connectivity index (χ0) is 21.1. The number of hydrogen-bond acceptors (Lipinski definition) is 4. The molecule has 1 N–H and O–H groups in total. The number of aromatic nitrogens is 2. The van der Waals surface area contributed by atoms with Gasteiger partial charge in [0.2, 0.25) is 5.91 Å². The minimum Gasteiger partial charge on any atom is -0.368 e. The molecule has 1 aliphatic rings. The van der Waals surface area contributed by atoms with Gasteiger partial charge in [-0.15, -0.1) is 0 Å². The van der Waals surface area contributed by atoms with Crippen LogP contribution in [0.2, 0.25) is 0 Å². The molecule has 0 spiro atoms. The Bertz CT molecular complexity index is 1170. The molecule has 1 saturated heterocycles. The number of benzene rings is 2. The Labute approximate surface area is 188 Å². The number of piperazine rings is 1. The van der Waals surface area contributed by atoms with Gasteiger partial charge in [-0.2, -0.15) is 0 Å². The van der Waals surface area contributed by atoms with E-state index in [2.05, 4.69) is 37.9 Å². The second-order valence-corrected chi connectivity index (χ2v) is 8.69. The van der Waals surface area contributed by atoms with Crippen LogP contribution in [-0.2, 0) is 11.3 Å². The first-order valence-corrected chi connectivity index (χ1v) is 11.2. The minimum atomic E-state index is -0.126. The second-order valence-electron chi connectivity index (χ2n) is 7.38. The predicted octanol–water partition coefficient (Wildman–Crippen LogP) is 3.95. The third-order valence-electron chi connectivity index (χ3n) is 5.47. The highest BCUT2D eigenvalue weighted by Crippen LogP contribution is 2.17. The molecule has 2 aromatic carbocycles. The van der Waals surface area contributed by atoms with Crippen molar-refractivity contribution in [3.05, 3.63) is 68.1 Å².